The molecule has 0 bridgehead atoms. The first-order valence-corrected chi connectivity index (χ1v) is 13.7. The Morgan fingerprint density at radius 1 is 1.00 bits per heavy atom. The van der Waals surface area contributed by atoms with Gasteiger partial charge in [0.15, 0.2) is 13.7 Å². The third-order valence-electron chi connectivity index (χ3n) is 2.37. The Morgan fingerprint density at radius 2 is 1.38 bits per heavy atom. The smallest absolute Gasteiger partial charge is 0.485 e. The summed E-state index contributed by atoms with van der Waals surface area (Å²) in [7, 11) is -7.42. The first kappa shape index (κ1) is 23.7. The van der Waals surface area contributed by atoms with E-state index < -0.39 is 55.5 Å². The van der Waals surface area contributed by atoms with Gasteiger partial charge in [0.05, 0.1) is 8.07 Å². The highest BCUT2D eigenvalue weighted by Gasteiger charge is 2.37. The molecule has 0 aromatic heterocycles. The van der Waals surface area contributed by atoms with E-state index in [1.807, 2.05) is 24.3 Å². The molecule has 0 saturated heterocycles. The fourth-order valence-corrected chi connectivity index (χ4v) is 4.10. The lowest BCUT2D eigenvalue weighted by atomic mass is 10.4. The van der Waals surface area contributed by atoms with Crippen LogP contribution in [0.3, 0.4) is 0 Å². The summed E-state index contributed by atoms with van der Waals surface area (Å²) in [5.41, 5.74) is -5.65. The molecule has 0 heterocycles. The van der Waals surface area contributed by atoms with Gasteiger partial charge in [-0.05, 0) is 12.1 Å². The van der Waals surface area contributed by atoms with Gasteiger partial charge in [-0.3, -0.25) is 0 Å². The molecule has 0 radical (unpaired) electrons. The molecule has 3 nitrogen and oxygen atoms in total. The fourth-order valence-electron chi connectivity index (χ4n) is 1.19. The maximum absolute atomic E-state index is 12.0. The lowest BCUT2D eigenvalue weighted by Gasteiger charge is -2.15. The zero-order valence-electron chi connectivity index (χ0n) is 12.8. The summed E-state index contributed by atoms with van der Waals surface area (Å²) in [4.78, 5) is 0. The average molecular weight is 508 g/mol. The number of alkyl halides is 7. The molecular weight excluding hydrogens is 493 g/mol. The van der Waals surface area contributed by atoms with E-state index in [1.54, 1.807) is 0 Å². The topological polar surface area (TPSA) is 57.2 Å². The molecule has 0 fully saturated rings. The molecule has 0 aliphatic carbocycles. The van der Waals surface area contributed by atoms with Crippen molar-refractivity contribution in [2.45, 2.75) is 31.3 Å². The molecule has 12 heteroatoms. The minimum Gasteiger partial charge on any atom is -0.741 e. The summed E-state index contributed by atoms with van der Waals surface area (Å²) in [6.45, 7) is 6.69. The Labute approximate surface area is 147 Å². The number of hydrogen-bond acceptors (Lipinski definition) is 3. The van der Waals surface area contributed by atoms with E-state index in [1.165, 1.54) is 5.19 Å². The maximum atomic E-state index is 12.0. The zero-order valence-corrected chi connectivity index (χ0v) is 16.8. The maximum Gasteiger partial charge on any atom is 0.485 e. The second-order valence-electron chi connectivity index (χ2n) is 5.54. The summed E-state index contributed by atoms with van der Waals surface area (Å²) in [6, 6.07) is 7.73. The molecule has 0 aliphatic rings. The standard InChI is InChI=1S/C11H15F3ISi.CHF3O3S/c1-16(2,3)10-6-4-9(5-7-10)15-8-11(12,13)14;2-1(3,4)8(5,6)7/h4-7H,8H2,1-3H3;(H,5,6,7)/q+1;/p-1. The molecule has 24 heavy (non-hydrogen) atoms. The van der Waals surface area contributed by atoms with Crippen LogP contribution in [0.2, 0.25) is 19.6 Å². The molecule has 1 aromatic rings. The van der Waals surface area contributed by atoms with Gasteiger partial charge in [-0.15, -0.1) is 0 Å². The van der Waals surface area contributed by atoms with Gasteiger partial charge in [0.2, 0.25) is 4.43 Å². The summed E-state index contributed by atoms with van der Waals surface area (Å²) < 4.78 is 95.3. The molecule has 0 amide bonds. The minimum atomic E-state index is -6.09. The second kappa shape index (κ2) is 8.36. The van der Waals surface area contributed by atoms with Crippen LogP contribution in [-0.2, 0) is 10.1 Å². The SMILES string of the molecule is C[Si](C)(C)c1ccc([I+]CC(F)(F)F)cc1.O=S(=O)([O-])C(F)(F)F. The van der Waals surface area contributed by atoms with Gasteiger partial charge >= 0.3 is 32.9 Å². The van der Waals surface area contributed by atoms with Gasteiger partial charge in [-0.1, -0.05) is 37.0 Å². The Kier molecular flexibility index (Phi) is 8.24. The van der Waals surface area contributed by atoms with Gasteiger partial charge in [0, 0.05) is 0 Å². The average Bonchev–Trinajstić information content (AvgIpc) is 2.33. The van der Waals surface area contributed by atoms with Crippen LogP contribution in [0.25, 0.3) is 0 Å². The van der Waals surface area contributed by atoms with Gasteiger partial charge in [-0.2, -0.15) is 26.3 Å². The van der Waals surface area contributed by atoms with Crippen LogP contribution in [-0.4, -0.2) is 37.2 Å². The predicted octanol–water partition coefficient (Wildman–Crippen LogP) is 0.104. The Balaban J connectivity index is 0.000000561. The van der Waals surface area contributed by atoms with Crippen molar-refractivity contribution >= 4 is 23.4 Å². The first-order valence-electron chi connectivity index (χ1n) is 6.22. The Morgan fingerprint density at radius 3 is 1.62 bits per heavy atom. The van der Waals surface area contributed by atoms with Gasteiger partial charge in [-0.25, -0.2) is 8.42 Å². The summed E-state index contributed by atoms with van der Waals surface area (Å²) >= 11 is -0.922. The third-order valence-corrected chi connectivity index (χ3v) is 7.84. The lowest BCUT2D eigenvalue weighted by molar-refractivity contribution is -0.650. The van der Waals surface area contributed by atoms with Gasteiger partial charge < -0.3 is 4.55 Å². The number of halogens is 7. The highest BCUT2D eigenvalue weighted by Crippen LogP contribution is 2.20. The van der Waals surface area contributed by atoms with Gasteiger partial charge in [0.25, 0.3) is 0 Å². The van der Waals surface area contributed by atoms with Crippen molar-refractivity contribution in [3.05, 3.63) is 27.8 Å². The molecular formula is C12H15F6IO3SSi. The van der Waals surface area contributed by atoms with Crippen molar-refractivity contribution in [2.24, 2.45) is 0 Å². The molecule has 0 unspecified atom stereocenters. The molecule has 140 valence electrons. The number of hydrogen-bond donors (Lipinski definition) is 0. The van der Waals surface area contributed by atoms with Crippen molar-refractivity contribution in [1.82, 2.24) is 0 Å². The van der Waals surface area contributed by atoms with Crippen LogP contribution in [0.15, 0.2) is 24.3 Å². The van der Waals surface area contributed by atoms with Crippen LogP contribution in [0.5, 0.6) is 0 Å². The van der Waals surface area contributed by atoms with Crippen molar-refractivity contribution in [2.75, 3.05) is 4.43 Å². The van der Waals surface area contributed by atoms with E-state index in [9.17, 15) is 26.3 Å². The molecule has 0 N–H and O–H groups in total. The molecule has 0 saturated carbocycles. The third kappa shape index (κ3) is 9.83. The second-order valence-corrected chi connectivity index (χ2v) is 14.8. The van der Waals surface area contributed by atoms with Crippen LogP contribution < -0.4 is 26.4 Å². The Hall–Kier alpha value is -0.343. The van der Waals surface area contributed by atoms with Crippen LogP contribution in [0.4, 0.5) is 26.3 Å². The van der Waals surface area contributed by atoms with E-state index in [2.05, 4.69) is 19.6 Å². The van der Waals surface area contributed by atoms with Crippen molar-refractivity contribution in [3.63, 3.8) is 0 Å². The summed E-state index contributed by atoms with van der Waals surface area (Å²) in [6.07, 6.45) is -4.01. The Bertz CT molecular complexity index is 620. The van der Waals surface area contributed by atoms with Crippen LogP contribution >= 0.6 is 0 Å². The quantitative estimate of drug-likeness (QED) is 0.146. The highest BCUT2D eigenvalue weighted by atomic mass is 127. The monoisotopic (exact) mass is 508 g/mol. The van der Waals surface area contributed by atoms with E-state index in [0.717, 1.165) is 3.57 Å². The van der Waals surface area contributed by atoms with E-state index in [4.69, 9.17) is 13.0 Å². The minimum absolute atomic E-state index is 0.627. The van der Waals surface area contributed by atoms with E-state index in [0.29, 0.717) is 0 Å². The first-order chi connectivity index (χ1) is 10.4. The summed E-state index contributed by atoms with van der Waals surface area (Å²) in [5.74, 6) is 0. The van der Waals surface area contributed by atoms with Crippen LogP contribution in [0.1, 0.15) is 0 Å². The van der Waals surface area contributed by atoms with E-state index >= 15 is 0 Å². The van der Waals surface area contributed by atoms with E-state index in [-0.39, 0.29) is 0 Å². The molecule has 0 spiro atoms. The van der Waals surface area contributed by atoms with Crippen molar-refractivity contribution < 1.29 is 60.5 Å². The lowest BCUT2D eigenvalue weighted by Crippen LogP contribution is -3.63. The van der Waals surface area contributed by atoms with Crippen molar-refractivity contribution in [3.8, 4) is 0 Å². The van der Waals surface area contributed by atoms with Crippen LogP contribution in [0, 0.1) is 3.57 Å². The molecule has 1 aromatic carbocycles. The normalized spacial score (nSPS) is 13.2. The molecule has 1 rings (SSSR count). The molecule has 0 aliphatic heterocycles. The highest BCUT2D eigenvalue weighted by molar-refractivity contribution is 7.86. The number of benzene rings is 1. The number of rotatable bonds is 3. The van der Waals surface area contributed by atoms with Crippen molar-refractivity contribution in [1.29, 1.82) is 0 Å². The summed E-state index contributed by atoms with van der Waals surface area (Å²) in [5, 5.41) is 1.30. The van der Waals surface area contributed by atoms with Gasteiger partial charge in [0.1, 0.15) is 0 Å². The zero-order chi connectivity index (χ0) is 19.4. The molecule has 0 atom stereocenters. The largest absolute Gasteiger partial charge is 0.741 e. The fraction of sp³-hybridized carbons (Fsp3) is 0.500. The predicted molar refractivity (Wildman–Crippen MR) is 74.8 cm³/mol.